The first-order valence-corrected chi connectivity index (χ1v) is 16.9. The molecule has 2 unspecified atom stereocenters. The van der Waals surface area contributed by atoms with Gasteiger partial charge in [0.25, 0.3) is 0 Å². The van der Waals surface area contributed by atoms with E-state index >= 15 is 0 Å². The molecule has 2 atom stereocenters. The zero-order chi connectivity index (χ0) is 28.6. The van der Waals surface area contributed by atoms with E-state index < -0.39 is 6.72 Å². The SMILES string of the molecule is CC1=CCCC(C)(C)C1CC/C(C)=C/CCC(CCCc1ccoc1)COP(=S)(OCCC#N)OCCC#N. The molecule has 0 aliphatic heterocycles. The van der Waals surface area contributed by atoms with Crippen molar-refractivity contribution in [3.05, 3.63) is 47.5 Å². The summed E-state index contributed by atoms with van der Waals surface area (Å²) in [4.78, 5) is 0. The molecule has 0 aromatic carbocycles. The fourth-order valence-electron chi connectivity index (χ4n) is 5.32. The predicted octanol–water partition coefficient (Wildman–Crippen LogP) is 9.21. The lowest BCUT2D eigenvalue weighted by molar-refractivity contribution is 0.138. The van der Waals surface area contributed by atoms with Gasteiger partial charge in [-0.2, -0.15) is 10.5 Å². The second-order valence-corrected chi connectivity index (χ2v) is 14.3. The van der Waals surface area contributed by atoms with Gasteiger partial charge >= 0.3 is 6.72 Å². The first kappa shape index (κ1) is 33.5. The lowest BCUT2D eigenvalue weighted by atomic mass is 9.67. The molecule has 0 saturated heterocycles. The van der Waals surface area contributed by atoms with Crippen LogP contribution in [0.15, 0.2) is 46.3 Å². The van der Waals surface area contributed by atoms with Crippen LogP contribution in [0, 0.1) is 39.9 Å². The summed E-state index contributed by atoms with van der Waals surface area (Å²) >= 11 is 5.60. The van der Waals surface area contributed by atoms with Gasteiger partial charge in [-0.25, -0.2) is 0 Å². The standard InChI is InChI=1S/C31H47N2O4PS/c1-26(15-16-30-27(2)11-7-18-31(30,3)4)10-5-12-28(13-6-14-29-17-23-34-24-29)25-37-38(39,35-21-8-19-32)36-22-9-20-33/h10-11,17,23-24,28,30H,5-9,12-16,18,21-22,25H2,1-4H3/b26-10+. The van der Waals surface area contributed by atoms with Crippen LogP contribution in [0.2, 0.25) is 0 Å². The summed E-state index contributed by atoms with van der Waals surface area (Å²) in [5, 5.41) is 17.7. The summed E-state index contributed by atoms with van der Waals surface area (Å²) in [5.41, 5.74) is 4.58. The van der Waals surface area contributed by atoms with Crippen molar-refractivity contribution in [2.45, 2.75) is 98.3 Å². The molecule has 1 heterocycles. The lowest BCUT2D eigenvalue weighted by Gasteiger charge is -2.38. The average molecular weight is 575 g/mol. The Bertz CT molecular complexity index is 1010. The van der Waals surface area contributed by atoms with Gasteiger partial charge in [-0.05, 0) is 112 Å². The van der Waals surface area contributed by atoms with E-state index in [1.54, 1.807) is 18.1 Å². The van der Waals surface area contributed by atoms with Crippen molar-refractivity contribution in [3.63, 3.8) is 0 Å². The molecular weight excluding hydrogens is 527 g/mol. The molecule has 1 aromatic heterocycles. The monoisotopic (exact) mass is 574 g/mol. The second-order valence-electron chi connectivity index (χ2n) is 11.3. The van der Waals surface area contributed by atoms with Crippen LogP contribution < -0.4 is 0 Å². The molecule has 0 radical (unpaired) electrons. The maximum atomic E-state index is 8.87. The van der Waals surface area contributed by atoms with Crippen molar-refractivity contribution in [1.82, 2.24) is 0 Å². The van der Waals surface area contributed by atoms with Gasteiger partial charge in [0, 0.05) is 0 Å². The summed E-state index contributed by atoms with van der Waals surface area (Å²) in [5.74, 6) is 0.953. The van der Waals surface area contributed by atoms with Crippen molar-refractivity contribution >= 4 is 18.5 Å². The van der Waals surface area contributed by atoms with E-state index in [1.165, 1.54) is 30.4 Å². The van der Waals surface area contributed by atoms with Crippen LogP contribution in [-0.4, -0.2) is 19.8 Å². The van der Waals surface area contributed by atoms with E-state index in [1.807, 2.05) is 6.07 Å². The Morgan fingerprint density at radius 3 is 2.54 bits per heavy atom. The van der Waals surface area contributed by atoms with Crippen molar-refractivity contribution in [3.8, 4) is 12.1 Å². The quantitative estimate of drug-likeness (QED) is 0.0924. The van der Waals surface area contributed by atoms with Crippen LogP contribution in [0.3, 0.4) is 0 Å². The summed E-state index contributed by atoms with van der Waals surface area (Å²) in [6, 6.07) is 6.12. The molecule has 0 spiro atoms. The van der Waals surface area contributed by atoms with Crippen molar-refractivity contribution < 1.29 is 18.0 Å². The van der Waals surface area contributed by atoms with Gasteiger partial charge in [-0.15, -0.1) is 0 Å². The number of rotatable bonds is 19. The van der Waals surface area contributed by atoms with Crippen LogP contribution in [-0.2, 0) is 31.8 Å². The Hall–Kier alpha value is -1.73. The second kappa shape index (κ2) is 17.9. The van der Waals surface area contributed by atoms with Gasteiger partial charge in [-0.1, -0.05) is 37.1 Å². The fourth-order valence-corrected chi connectivity index (χ4v) is 7.19. The third-order valence-electron chi connectivity index (χ3n) is 7.70. The number of hydrogen-bond donors (Lipinski definition) is 0. The molecule has 8 heteroatoms. The van der Waals surface area contributed by atoms with E-state index in [-0.39, 0.29) is 26.1 Å². The molecule has 0 N–H and O–H groups in total. The highest BCUT2D eigenvalue weighted by Crippen LogP contribution is 2.50. The molecule has 39 heavy (non-hydrogen) atoms. The van der Waals surface area contributed by atoms with Crippen LogP contribution in [0.25, 0.3) is 0 Å². The van der Waals surface area contributed by atoms with Crippen molar-refractivity contribution in [2.24, 2.45) is 17.3 Å². The van der Waals surface area contributed by atoms with Gasteiger partial charge in [-0.3, -0.25) is 0 Å². The summed E-state index contributed by atoms with van der Waals surface area (Å²) in [6.07, 6.45) is 18.5. The van der Waals surface area contributed by atoms with Crippen LogP contribution in [0.1, 0.15) is 97.5 Å². The zero-order valence-electron chi connectivity index (χ0n) is 24.3. The molecular formula is C31H47N2O4PS. The van der Waals surface area contributed by atoms with Gasteiger partial charge in [0.2, 0.25) is 0 Å². The van der Waals surface area contributed by atoms with Crippen molar-refractivity contribution in [1.29, 1.82) is 10.5 Å². The fraction of sp³-hybridized carbons (Fsp3) is 0.677. The van der Waals surface area contributed by atoms with E-state index in [4.69, 9.17) is 40.3 Å². The minimum Gasteiger partial charge on any atom is -0.472 e. The number of nitrogens with zero attached hydrogens (tertiary/aromatic N) is 2. The first-order valence-electron chi connectivity index (χ1n) is 14.3. The molecule has 216 valence electrons. The normalized spacial score (nSPS) is 18.3. The highest BCUT2D eigenvalue weighted by Gasteiger charge is 2.32. The average Bonchev–Trinajstić information content (AvgIpc) is 3.40. The van der Waals surface area contributed by atoms with E-state index in [0.29, 0.717) is 23.9 Å². The van der Waals surface area contributed by atoms with E-state index in [2.05, 4.69) is 52.0 Å². The minimum atomic E-state index is -3.01. The highest BCUT2D eigenvalue weighted by molar-refractivity contribution is 8.07. The topological polar surface area (TPSA) is 88.4 Å². The van der Waals surface area contributed by atoms with Gasteiger partial charge in [0.1, 0.15) is 0 Å². The maximum absolute atomic E-state index is 8.87. The predicted molar refractivity (Wildman–Crippen MR) is 160 cm³/mol. The number of hydrogen-bond acceptors (Lipinski definition) is 7. The summed E-state index contributed by atoms with van der Waals surface area (Å²) < 4.78 is 22.7. The number of allylic oxidation sites excluding steroid dienone is 4. The molecule has 1 aromatic rings. The number of nitriles is 2. The molecule has 0 saturated carbocycles. The van der Waals surface area contributed by atoms with E-state index in [9.17, 15) is 0 Å². The Morgan fingerprint density at radius 1 is 1.21 bits per heavy atom. The van der Waals surface area contributed by atoms with Gasteiger partial charge < -0.3 is 18.0 Å². The molecule has 2 rings (SSSR count). The third-order valence-corrected chi connectivity index (χ3v) is 10.1. The molecule has 0 bridgehead atoms. The van der Waals surface area contributed by atoms with Crippen molar-refractivity contribution in [2.75, 3.05) is 19.8 Å². The lowest BCUT2D eigenvalue weighted by Crippen LogP contribution is -2.27. The largest absolute Gasteiger partial charge is 0.472 e. The van der Waals surface area contributed by atoms with Crippen LogP contribution in [0.4, 0.5) is 0 Å². The van der Waals surface area contributed by atoms with Crippen LogP contribution >= 0.6 is 6.72 Å². The molecule has 1 aliphatic carbocycles. The zero-order valence-corrected chi connectivity index (χ0v) is 26.0. The molecule has 0 fully saturated rings. The number of aryl methyl sites for hydroxylation is 1. The minimum absolute atomic E-state index is 0.167. The first-order chi connectivity index (χ1) is 18.7. The smallest absolute Gasteiger partial charge is 0.327 e. The maximum Gasteiger partial charge on any atom is 0.327 e. The third kappa shape index (κ3) is 13.0. The molecule has 6 nitrogen and oxygen atoms in total. The van der Waals surface area contributed by atoms with E-state index in [0.717, 1.165) is 38.5 Å². The van der Waals surface area contributed by atoms with Gasteiger partial charge in [0.05, 0.1) is 57.3 Å². The Morgan fingerprint density at radius 2 is 1.92 bits per heavy atom. The Kier molecular flexibility index (Phi) is 15.3. The van der Waals surface area contributed by atoms with Gasteiger partial charge in [0.15, 0.2) is 0 Å². The number of furan rings is 1. The summed E-state index contributed by atoms with van der Waals surface area (Å²) in [6.45, 7) is 7.14. The molecule has 1 aliphatic rings. The van der Waals surface area contributed by atoms with Crippen LogP contribution in [0.5, 0.6) is 0 Å². The highest BCUT2D eigenvalue weighted by atomic mass is 32.5. The Labute approximate surface area is 241 Å². The molecule has 0 amide bonds. The Balaban J connectivity index is 1.94. The summed E-state index contributed by atoms with van der Waals surface area (Å²) in [7, 11) is 0.